The third-order valence-electron chi connectivity index (χ3n) is 3.57. The molecule has 16 heavy (non-hydrogen) atoms. The van der Waals surface area contributed by atoms with E-state index in [0.29, 0.717) is 6.04 Å². The van der Waals surface area contributed by atoms with Crippen LogP contribution < -0.4 is 5.32 Å². The lowest BCUT2D eigenvalue weighted by atomic mass is 9.80. The molecule has 90 valence electrons. The highest BCUT2D eigenvalue weighted by molar-refractivity contribution is 7.12. The van der Waals surface area contributed by atoms with E-state index < -0.39 is 5.60 Å². The molecule has 0 saturated heterocycles. The molecule has 1 aliphatic rings. The Balaban J connectivity index is 1.92. The fourth-order valence-electron chi connectivity index (χ4n) is 2.30. The summed E-state index contributed by atoms with van der Waals surface area (Å²) in [4.78, 5) is 2.75. The molecule has 1 aliphatic carbocycles. The maximum Gasteiger partial charge on any atom is 0.0771 e. The summed E-state index contributed by atoms with van der Waals surface area (Å²) in [7, 11) is 0. The molecule has 2 rings (SSSR count). The highest BCUT2D eigenvalue weighted by atomic mass is 32.1. The first-order chi connectivity index (χ1) is 7.50. The van der Waals surface area contributed by atoms with Crippen molar-refractivity contribution in [3.05, 3.63) is 21.4 Å². The second kappa shape index (κ2) is 4.47. The highest BCUT2D eigenvalue weighted by Crippen LogP contribution is 2.32. The van der Waals surface area contributed by atoms with Gasteiger partial charge in [-0.05, 0) is 51.7 Å². The van der Waals surface area contributed by atoms with Crippen molar-refractivity contribution in [1.29, 1.82) is 0 Å². The Kier molecular flexibility index (Phi) is 3.38. The number of hydrogen-bond donors (Lipinski definition) is 2. The third-order valence-corrected chi connectivity index (χ3v) is 4.55. The Morgan fingerprint density at radius 2 is 2.19 bits per heavy atom. The summed E-state index contributed by atoms with van der Waals surface area (Å²) in [6, 6.07) is 2.59. The minimum Gasteiger partial charge on any atom is -0.389 e. The Bertz CT molecular complexity index is 368. The smallest absolute Gasteiger partial charge is 0.0771 e. The van der Waals surface area contributed by atoms with Gasteiger partial charge in [-0.3, -0.25) is 0 Å². The topological polar surface area (TPSA) is 32.3 Å². The van der Waals surface area contributed by atoms with E-state index in [1.54, 1.807) is 0 Å². The van der Waals surface area contributed by atoms with Gasteiger partial charge < -0.3 is 10.4 Å². The van der Waals surface area contributed by atoms with E-state index in [1.165, 1.54) is 21.7 Å². The average Bonchev–Trinajstić information content (AvgIpc) is 2.51. The van der Waals surface area contributed by atoms with E-state index in [4.69, 9.17) is 0 Å². The number of thiophene rings is 1. The zero-order chi connectivity index (χ0) is 11.8. The Hall–Kier alpha value is -0.380. The van der Waals surface area contributed by atoms with Gasteiger partial charge in [0.15, 0.2) is 0 Å². The lowest BCUT2D eigenvalue weighted by molar-refractivity contribution is -0.0329. The van der Waals surface area contributed by atoms with Crippen LogP contribution in [0.1, 0.15) is 47.5 Å². The molecule has 1 aromatic heterocycles. The molecule has 0 radical (unpaired) electrons. The first kappa shape index (κ1) is 12.1. The standard InChI is InChI=1S/C13H21NOS/c1-9-7-12(11(3)16-9)10(2)14-8-13(15)5-4-6-13/h7,10,14-15H,4-6,8H2,1-3H3. The fourth-order valence-corrected chi connectivity index (χ4v) is 3.32. The van der Waals surface area contributed by atoms with Crippen LogP contribution in [0, 0.1) is 13.8 Å². The SMILES string of the molecule is Cc1cc(C(C)NCC2(O)CCC2)c(C)s1. The van der Waals surface area contributed by atoms with Crippen LogP contribution in [0.5, 0.6) is 0 Å². The molecular formula is C13H21NOS. The molecule has 1 unspecified atom stereocenters. The molecule has 1 saturated carbocycles. The van der Waals surface area contributed by atoms with Crippen LogP contribution in [0.3, 0.4) is 0 Å². The van der Waals surface area contributed by atoms with E-state index in [-0.39, 0.29) is 0 Å². The van der Waals surface area contributed by atoms with Gasteiger partial charge in [0.25, 0.3) is 0 Å². The predicted octanol–water partition coefficient (Wildman–Crippen LogP) is 2.93. The largest absolute Gasteiger partial charge is 0.389 e. The van der Waals surface area contributed by atoms with Crippen LogP contribution in [0.4, 0.5) is 0 Å². The number of aliphatic hydroxyl groups is 1. The number of hydrogen-bond acceptors (Lipinski definition) is 3. The summed E-state index contributed by atoms with van der Waals surface area (Å²) in [6.07, 6.45) is 3.08. The van der Waals surface area contributed by atoms with Crippen molar-refractivity contribution in [3.63, 3.8) is 0 Å². The summed E-state index contributed by atoms with van der Waals surface area (Å²) in [5.41, 5.74) is 0.957. The minimum absolute atomic E-state index is 0.342. The number of rotatable bonds is 4. The molecule has 2 nitrogen and oxygen atoms in total. The summed E-state index contributed by atoms with van der Waals surface area (Å²) in [5.74, 6) is 0. The van der Waals surface area contributed by atoms with Gasteiger partial charge in [-0.15, -0.1) is 11.3 Å². The third kappa shape index (κ3) is 2.47. The van der Waals surface area contributed by atoms with Crippen molar-refractivity contribution in [2.75, 3.05) is 6.54 Å². The van der Waals surface area contributed by atoms with Gasteiger partial charge in [0.1, 0.15) is 0 Å². The lowest BCUT2D eigenvalue weighted by Gasteiger charge is -2.37. The molecule has 0 amide bonds. The molecule has 3 heteroatoms. The van der Waals surface area contributed by atoms with Gasteiger partial charge in [-0.1, -0.05) is 0 Å². The van der Waals surface area contributed by atoms with Crippen molar-refractivity contribution in [2.45, 2.75) is 51.7 Å². The van der Waals surface area contributed by atoms with Crippen molar-refractivity contribution in [3.8, 4) is 0 Å². The van der Waals surface area contributed by atoms with Crippen molar-refractivity contribution in [1.82, 2.24) is 5.32 Å². The van der Waals surface area contributed by atoms with Crippen LogP contribution in [0.15, 0.2) is 6.07 Å². The van der Waals surface area contributed by atoms with Crippen molar-refractivity contribution < 1.29 is 5.11 Å². The van der Waals surface area contributed by atoms with Crippen LogP contribution in [-0.4, -0.2) is 17.3 Å². The molecule has 1 aromatic rings. The van der Waals surface area contributed by atoms with Gasteiger partial charge >= 0.3 is 0 Å². The van der Waals surface area contributed by atoms with Crippen LogP contribution in [0.2, 0.25) is 0 Å². The van der Waals surface area contributed by atoms with E-state index in [0.717, 1.165) is 19.4 Å². The molecule has 1 atom stereocenters. The number of nitrogens with one attached hydrogen (secondary N) is 1. The molecule has 2 N–H and O–H groups in total. The maximum absolute atomic E-state index is 10.0. The molecule has 0 aliphatic heterocycles. The van der Waals surface area contributed by atoms with Crippen molar-refractivity contribution in [2.24, 2.45) is 0 Å². The quantitative estimate of drug-likeness (QED) is 0.846. The Morgan fingerprint density at radius 1 is 1.50 bits per heavy atom. The fraction of sp³-hybridized carbons (Fsp3) is 0.692. The van der Waals surface area contributed by atoms with Crippen LogP contribution in [-0.2, 0) is 0 Å². The van der Waals surface area contributed by atoms with Gasteiger partial charge in [-0.2, -0.15) is 0 Å². The highest BCUT2D eigenvalue weighted by Gasteiger charge is 2.34. The molecule has 0 spiro atoms. The van der Waals surface area contributed by atoms with Gasteiger partial charge in [0.2, 0.25) is 0 Å². The summed E-state index contributed by atoms with van der Waals surface area (Å²) in [5, 5.41) is 13.5. The summed E-state index contributed by atoms with van der Waals surface area (Å²) < 4.78 is 0. The van der Waals surface area contributed by atoms with Crippen LogP contribution >= 0.6 is 11.3 Å². The van der Waals surface area contributed by atoms with Crippen LogP contribution in [0.25, 0.3) is 0 Å². The zero-order valence-electron chi connectivity index (χ0n) is 10.3. The first-order valence-corrected chi connectivity index (χ1v) is 6.84. The molecule has 1 fully saturated rings. The van der Waals surface area contributed by atoms with Gasteiger partial charge in [0.05, 0.1) is 5.60 Å². The average molecular weight is 239 g/mol. The normalized spacial score (nSPS) is 20.5. The minimum atomic E-state index is -0.423. The number of aryl methyl sites for hydroxylation is 2. The van der Waals surface area contributed by atoms with Crippen molar-refractivity contribution >= 4 is 11.3 Å². The first-order valence-electron chi connectivity index (χ1n) is 6.03. The zero-order valence-corrected chi connectivity index (χ0v) is 11.2. The Labute approximate surface area is 102 Å². The predicted molar refractivity (Wildman–Crippen MR) is 69.0 cm³/mol. The molecule has 1 heterocycles. The Morgan fingerprint density at radius 3 is 2.62 bits per heavy atom. The lowest BCUT2D eigenvalue weighted by Crippen LogP contribution is -2.46. The molecule has 0 aromatic carbocycles. The second-order valence-corrected chi connectivity index (χ2v) is 6.51. The van der Waals surface area contributed by atoms with E-state index in [2.05, 4.69) is 32.2 Å². The van der Waals surface area contributed by atoms with E-state index in [1.807, 2.05) is 11.3 Å². The molecular weight excluding hydrogens is 218 g/mol. The monoisotopic (exact) mass is 239 g/mol. The second-order valence-electron chi connectivity index (χ2n) is 5.05. The molecule has 0 bridgehead atoms. The van der Waals surface area contributed by atoms with E-state index >= 15 is 0 Å². The summed E-state index contributed by atoms with van der Waals surface area (Å²) in [6.45, 7) is 7.22. The van der Waals surface area contributed by atoms with Gasteiger partial charge in [0, 0.05) is 22.3 Å². The van der Waals surface area contributed by atoms with Gasteiger partial charge in [-0.25, -0.2) is 0 Å². The summed E-state index contributed by atoms with van der Waals surface area (Å²) >= 11 is 1.85. The maximum atomic E-state index is 10.0. The van der Waals surface area contributed by atoms with E-state index in [9.17, 15) is 5.11 Å².